The molecule has 7 nitrogen and oxygen atoms in total. The minimum atomic E-state index is -3.66. The zero-order valence-corrected chi connectivity index (χ0v) is 21.4. The Hall–Kier alpha value is -0.620. The van der Waals surface area contributed by atoms with Gasteiger partial charge in [0, 0.05) is 26.7 Å². The third-order valence-corrected chi connectivity index (χ3v) is 7.16. The molecule has 0 radical (unpaired) electrons. The first kappa shape index (κ1) is 28.4. The van der Waals surface area contributed by atoms with Gasteiger partial charge in [-0.3, -0.25) is 4.52 Å². The van der Waals surface area contributed by atoms with Crippen molar-refractivity contribution in [2.24, 2.45) is 10.7 Å². The Kier molecular flexibility index (Phi) is 16.4. The molecule has 184 valence electrons. The predicted octanol–water partition coefficient (Wildman–Crippen LogP) is 6.50. The van der Waals surface area contributed by atoms with Gasteiger partial charge in [-0.25, -0.2) is 15.1 Å². The van der Waals surface area contributed by atoms with E-state index >= 15 is 0 Å². The Morgan fingerprint density at radius 1 is 0.839 bits per heavy atom. The number of hydrogen-bond donors (Lipinski definition) is 1. The predicted molar refractivity (Wildman–Crippen MR) is 131 cm³/mol. The van der Waals surface area contributed by atoms with Crippen molar-refractivity contribution in [3.63, 3.8) is 0 Å². The van der Waals surface area contributed by atoms with Crippen LogP contribution in [0.4, 0.5) is 0 Å². The van der Waals surface area contributed by atoms with Crippen molar-refractivity contribution in [1.82, 2.24) is 9.80 Å². The molecule has 0 aromatic carbocycles. The second-order valence-corrected chi connectivity index (χ2v) is 10.4. The van der Waals surface area contributed by atoms with Crippen LogP contribution in [0, 0.1) is 0 Å². The van der Waals surface area contributed by atoms with Crippen LogP contribution >= 0.6 is 7.75 Å². The highest BCUT2D eigenvalue weighted by molar-refractivity contribution is 7.52. The molecule has 1 aliphatic rings. The summed E-state index contributed by atoms with van der Waals surface area (Å²) in [5, 5.41) is 0. The van der Waals surface area contributed by atoms with Gasteiger partial charge in [-0.05, 0) is 12.8 Å². The molecular formula is C23H49N4O3P. The largest absolute Gasteiger partial charge is 0.473 e. The van der Waals surface area contributed by atoms with Crippen molar-refractivity contribution < 1.29 is 13.7 Å². The number of nitrogens with zero attached hydrogens (tertiary/aromatic N) is 3. The average Bonchev–Trinajstić information content (AvgIpc) is 3.11. The molecule has 1 atom stereocenters. The Morgan fingerprint density at radius 2 is 1.35 bits per heavy atom. The van der Waals surface area contributed by atoms with Crippen LogP contribution in [0.15, 0.2) is 4.76 Å². The van der Waals surface area contributed by atoms with Crippen molar-refractivity contribution in [3.05, 3.63) is 0 Å². The standard InChI is InChI=1S/C23H49N4O3P/c1-4-6-8-10-11-12-13-14-15-17-19-27-21-20-26(3)23(27)25-31(28,30-24)29-22-18-16-9-7-5-2/h4-22,24H2,1-3H3. The first-order valence-electron chi connectivity index (χ1n) is 12.8. The summed E-state index contributed by atoms with van der Waals surface area (Å²) in [6.45, 7) is 7.46. The lowest BCUT2D eigenvalue weighted by Crippen LogP contribution is -2.32. The van der Waals surface area contributed by atoms with Crippen LogP contribution in [-0.4, -0.2) is 49.0 Å². The van der Waals surface area contributed by atoms with E-state index in [-0.39, 0.29) is 0 Å². The zero-order valence-electron chi connectivity index (χ0n) is 20.5. The zero-order chi connectivity index (χ0) is 22.8. The quantitative estimate of drug-likeness (QED) is 0.127. The van der Waals surface area contributed by atoms with Gasteiger partial charge in [0.25, 0.3) is 0 Å². The summed E-state index contributed by atoms with van der Waals surface area (Å²) in [6, 6.07) is 0. The second-order valence-electron chi connectivity index (χ2n) is 8.81. The molecule has 0 aromatic rings. The van der Waals surface area contributed by atoms with Crippen molar-refractivity contribution in [1.29, 1.82) is 0 Å². The fourth-order valence-electron chi connectivity index (χ4n) is 3.93. The van der Waals surface area contributed by atoms with Crippen LogP contribution in [-0.2, 0) is 13.7 Å². The molecule has 1 fully saturated rings. The minimum absolute atomic E-state index is 0.358. The molecule has 1 unspecified atom stereocenters. The van der Waals surface area contributed by atoms with E-state index in [1.165, 1.54) is 70.6 Å². The monoisotopic (exact) mass is 460 g/mol. The Bertz CT molecular complexity index is 519. The summed E-state index contributed by atoms with van der Waals surface area (Å²) < 4.78 is 27.4. The van der Waals surface area contributed by atoms with Gasteiger partial charge in [-0.15, -0.1) is 4.76 Å². The van der Waals surface area contributed by atoms with Crippen LogP contribution in [0.3, 0.4) is 0 Å². The number of guanidine groups is 1. The number of rotatable bonds is 20. The molecule has 0 saturated carbocycles. The van der Waals surface area contributed by atoms with E-state index in [0.717, 1.165) is 45.3 Å². The Morgan fingerprint density at radius 3 is 1.90 bits per heavy atom. The van der Waals surface area contributed by atoms with Gasteiger partial charge in [-0.1, -0.05) is 97.3 Å². The first-order valence-corrected chi connectivity index (χ1v) is 14.2. The maximum absolute atomic E-state index is 12.9. The molecule has 1 rings (SSSR count). The van der Waals surface area contributed by atoms with Crippen LogP contribution < -0.4 is 5.90 Å². The summed E-state index contributed by atoms with van der Waals surface area (Å²) in [6.07, 6.45) is 18.6. The molecule has 1 aliphatic heterocycles. The van der Waals surface area contributed by atoms with Crippen molar-refractivity contribution in [3.8, 4) is 0 Å². The molecule has 0 bridgehead atoms. The van der Waals surface area contributed by atoms with Crippen LogP contribution in [0.1, 0.15) is 110 Å². The van der Waals surface area contributed by atoms with E-state index in [1.54, 1.807) is 0 Å². The van der Waals surface area contributed by atoms with E-state index in [4.69, 9.17) is 15.0 Å². The molecule has 0 amide bonds. The highest BCUT2D eigenvalue weighted by Crippen LogP contribution is 2.49. The second kappa shape index (κ2) is 17.9. The third-order valence-electron chi connectivity index (χ3n) is 5.96. The van der Waals surface area contributed by atoms with E-state index in [9.17, 15) is 4.57 Å². The molecular weight excluding hydrogens is 411 g/mol. The van der Waals surface area contributed by atoms with Gasteiger partial charge in [0.1, 0.15) is 0 Å². The van der Waals surface area contributed by atoms with Crippen molar-refractivity contribution in [2.75, 3.05) is 33.3 Å². The highest BCUT2D eigenvalue weighted by Gasteiger charge is 2.30. The number of nitrogens with two attached hydrogens (primary N) is 1. The fraction of sp³-hybridized carbons (Fsp3) is 0.957. The molecule has 8 heteroatoms. The molecule has 0 aromatic heterocycles. The average molecular weight is 461 g/mol. The van der Waals surface area contributed by atoms with Crippen molar-refractivity contribution >= 4 is 13.7 Å². The van der Waals surface area contributed by atoms with Gasteiger partial charge in [0.2, 0.25) is 5.96 Å². The molecule has 1 saturated heterocycles. The number of likely N-dealkylation sites (N-methyl/N-ethyl adjacent to an activating group) is 1. The highest BCUT2D eigenvalue weighted by atomic mass is 31.2. The third kappa shape index (κ3) is 12.9. The smallest absolute Gasteiger partial charge is 0.344 e. The topological polar surface area (TPSA) is 80.4 Å². The summed E-state index contributed by atoms with van der Waals surface area (Å²) >= 11 is 0. The summed E-state index contributed by atoms with van der Waals surface area (Å²) in [5.74, 6) is 5.99. The maximum Gasteiger partial charge on any atom is 0.473 e. The molecule has 31 heavy (non-hydrogen) atoms. The lowest BCUT2D eigenvalue weighted by molar-refractivity contribution is 0.204. The van der Waals surface area contributed by atoms with Crippen LogP contribution in [0.5, 0.6) is 0 Å². The summed E-state index contributed by atoms with van der Waals surface area (Å²) in [5.41, 5.74) is 0. The van der Waals surface area contributed by atoms with E-state index in [2.05, 4.69) is 23.5 Å². The SMILES string of the molecule is CCCCCCCCCCCCN1CCN(C)C1=NP(=O)(ON)OCCCCCCC. The Labute approximate surface area is 191 Å². The van der Waals surface area contributed by atoms with Crippen LogP contribution in [0.2, 0.25) is 0 Å². The normalized spacial score (nSPS) is 17.6. The fourth-order valence-corrected chi connectivity index (χ4v) is 4.96. The lowest BCUT2D eigenvalue weighted by atomic mass is 10.1. The molecule has 0 aliphatic carbocycles. The van der Waals surface area contributed by atoms with Gasteiger partial charge >= 0.3 is 7.75 Å². The summed E-state index contributed by atoms with van der Waals surface area (Å²) in [4.78, 5) is 4.19. The van der Waals surface area contributed by atoms with E-state index in [0.29, 0.717) is 12.6 Å². The number of unbranched alkanes of at least 4 members (excludes halogenated alkanes) is 13. The minimum Gasteiger partial charge on any atom is -0.344 e. The van der Waals surface area contributed by atoms with Gasteiger partial charge in [-0.2, -0.15) is 0 Å². The molecule has 0 spiro atoms. The Balaban J connectivity index is 2.33. The first-order chi connectivity index (χ1) is 15.1. The lowest BCUT2D eigenvalue weighted by Gasteiger charge is -2.22. The number of hydrogen-bond acceptors (Lipinski definition) is 4. The van der Waals surface area contributed by atoms with Crippen LogP contribution in [0.25, 0.3) is 0 Å². The van der Waals surface area contributed by atoms with Gasteiger partial charge in [0.15, 0.2) is 0 Å². The molecule has 2 N–H and O–H groups in total. The van der Waals surface area contributed by atoms with Crippen molar-refractivity contribution in [2.45, 2.75) is 110 Å². The summed E-state index contributed by atoms with van der Waals surface area (Å²) in [7, 11) is -1.70. The van der Waals surface area contributed by atoms with E-state index in [1.807, 2.05) is 11.9 Å². The van der Waals surface area contributed by atoms with Gasteiger partial charge in [0.05, 0.1) is 6.61 Å². The molecule has 1 heterocycles. The van der Waals surface area contributed by atoms with Gasteiger partial charge < -0.3 is 9.80 Å². The maximum atomic E-state index is 12.9. The van der Waals surface area contributed by atoms with E-state index < -0.39 is 7.75 Å².